The molecule has 0 bridgehead atoms. The van der Waals surface area contributed by atoms with Gasteiger partial charge in [0.15, 0.2) is 0 Å². The number of hydrogen-bond acceptors (Lipinski definition) is 4. The molecule has 4 nitrogen and oxygen atoms in total. The number of hydrogen-bond donors (Lipinski definition) is 0. The van der Waals surface area contributed by atoms with Gasteiger partial charge in [0.1, 0.15) is 23.8 Å². The van der Waals surface area contributed by atoms with E-state index in [2.05, 4.69) is 32.1 Å². The molecule has 1 aromatic carbocycles. The summed E-state index contributed by atoms with van der Waals surface area (Å²) in [7, 11) is 0. The van der Waals surface area contributed by atoms with Gasteiger partial charge in [-0.25, -0.2) is 17.6 Å². The first-order chi connectivity index (χ1) is 16.5. The Labute approximate surface area is 212 Å². The third-order valence-electron chi connectivity index (χ3n) is 4.98. The maximum Gasteiger partial charge on any atom is 2.00 e. The number of halogens is 4. The smallest absolute Gasteiger partial charge is 0.296 e. The van der Waals surface area contributed by atoms with Gasteiger partial charge in [0.05, 0.1) is 11.4 Å². The fourth-order valence-corrected chi connectivity index (χ4v) is 3.48. The zero-order valence-corrected chi connectivity index (χ0v) is 19.8. The van der Waals surface area contributed by atoms with Gasteiger partial charge in [-0.15, -0.1) is 12.1 Å². The summed E-state index contributed by atoms with van der Waals surface area (Å²) in [6.45, 7) is 0. The van der Waals surface area contributed by atoms with Gasteiger partial charge in [-0.05, 0) is 23.5 Å². The molecule has 174 valence electrons. The van der Waals surface area contributed by atoms with Crippen molar-refractivity contribution in [3.63, 3.8) is 0 Å². The van der Waals surface area contributed by atoms with E-state index in [4.69, 9.17) is 0 Å². The summed E-state index contributed by atoms with van der Waals surface area (Å²) in [5.41, 5.74) is 2.68. The van der Waals surface area contributed by atoms with Crippen LogP contribution < -0.4 is 0 Å². The van der Waals surface area contributed by atoms with E-state index in [0.29, 0.717) is 22.5 Å². The standard InChI is InChI=1S/C26H12F4N4.Pt/c27-23-13-11-17(25(29)33-23)21-9-3-7-19(31-21)15-5-1-2-6-16(15)20-8-4-10-22(32-20)18-12-14-24(28)34-26(18)30;/h1-10,13-14H;/q-2;+2. The minimum Gasteiger partial charge on any atom is -0.296 e. The first kappa shape index (κ1) is 24.4. The van der Waals surface area contributed by atoms with Gasteiger partial charge in [-0.2, -0.15) is 0 Å². The van der Waals surface area contributed by atoms with Crippen molar-refractivity contribution in [3.05, 3.63) is 109 Å². The molecule has 0 fully saturated rings. The molecule has 9 heteroatoms. The minimum atomic E-state index is -1.02. The molecule has 0 unspecified atom stereocenters. The summed E-state index contributed by atoms with van der Waals surface area (Å²) < 4.78 is 54.7. The van der Waals surface area contributed by atoms with Crippen molar-refractivity contribution in [1.29, 1.82) is 0 Å². The van der Waals surface area contributed by atoms with Crippen LogP contribution >= 0.6 is 0 Å². The molecule has 5 rings (SSSR count). The van der Waals surface area contributed by atoms with Crippen molar-refractivity contribution in [2.24, 2.45) is 0 Å². The average molecular weight is 651 g/mol. The van der Waals surface area contributed by atoms with Crippen LogP contribution in [0.4, 0.5) is 17.6 Å². The molecule has 0 aliphatic rings. The van der Waals surface area contributed by atoms with E-state index >= 15 is 0 Å². The quantitative estimate of drug-likeness (QED) is 0.134. The summed E-state index contributed by atoms with van der Waals surface area (Å²) in [5, 5.41) is 0. The Morgan fingerprint density at radius 3 is 1.29 bits per heavy atom. The first-order valence-electron chi connectivity index (χ1n) is 10.0. The van der Waals surface area contributed by atoms with E-state index in [-0.39, 0.29) is 43.6 Å². The summed E-state index contributed by atoms with van der Waals surface area (Å²) >= 11 is 0. The maximum atomic E-state index is 14.2. The van der Waals surface area contributed by atoms with Gasteiger partial charge < -0.3 is 0 Å². The number of rotatable bonds is 4. The van der Waals surface area contributed by atoms with Gasteiger partial charge >= 0.3 is 21.1 Å². The summed E-state index contributed by atoms with van der Waals surface area (Å²) in [6, 6.07) is 24.1. The summed E-state index contributed by atoms with van der Waals surface area (Å²) in [4.78, 5) is 15.4. The fourth-order valence-electron chi connectivity index (χ4n) is 3.48. The Morgan fingerprint density at radius 2 is 0.886 bits per heavy atom. The first-order valence-corrected chi connectivity index (χ1v) is 10.0. The van der Waals surface area contributed by atoms with Crippen LogP contribution in [-0.2, 0) is 21.1 Å². The topological polar surface area (TPSA) is 51.6 Å². The number of benzene rings is 1. The molecule has 0 saturated carbocycles. The fraction of sp³-hybridized carbons (Fsp3) is 0. The minimum absolute atomic E-state index is 0. The van der Waals surface area contributed by atoms with Crippen molar-refractivity contribution in [2.75, 3.05) is 0 Å². The molecule has 35 heavy (non-hydrogen) atoms. The van der Waals surface area contributed by atoms with E-state index in [9.17, 15) is 17.6 Å². The third kappa shape index (κ3) is 5.03. The van der Waals surface area contributed by atoms with Crippen LogP contribution in [-0.4, -0.2) is 19.9 Å². The SMILES string of the molecule is Fc1c[c-]c(-c2cccc(-c3ccccc3-c3cccc(-c4[c-]cc(F)nc4F)n3)n2)c(F)n1.[Pt+2]. The van der Waals surface area contributed by atoms with Crippen LogP contribution in [0, 0.1) is 35.9 Å². The molecule has 0 N–H and O–H groups in total. The molecule has 0 amide bonds. The maximum absolute atomic E-state index is 14.2. The van der Waals surface area contributed by atoms with Crippen molar-refractivity contribution in [3.8, 4) is 45.0 Å². The van der Waals surface area contributed by atoms with E-state index in [0.717, 1.165) is 12.1 Å². The van der Waals surface area contributed by atoms with Gasteiger partial charge in [-0.3, -0.25) is 19.9 Å². The van der Waals surface area contributed by atoms with Crippen LogP contribution in [0.2, 0.25) is 0 Å². The Morgan fingerprint density at radius 1 is 0.486 bits per heavy atom. The number of pyridine rings is 4. The van der Waals surface area contributed by atoms with Crippen LogP contribution in [0.25, 0.3) is 45.0 Å². The Kier molecular flexibility index (Phi) is 7.12. The normalized spacial score (nSPS) is 10.6. The summed E-state index contributed by atoms with van der Waals surface area (Å²) in [6.07, 6.45) is 0. The molecular weight excluding hydrogens is 639 g/mol. The van der Waals surface area contributed by atoms with Crippen LogP contribution in [0.1, 0.15) is 0 Å². The van der Waals surface area contributed by atoms with Crippen LogP contribution in [0.5, 0.6) is 0 Å². The summed E-state index contributed by atoms with van der Waals surface area (Å²) in [5.74, 6) is -3.98. The molecule has 0 aliphatic carbocycles. The Hall–Kier alpha value is -3.77. The van der Waals surface area contributed by atoms with E-state index in [1.165, 1.54) is 0 Å². The van der Waals surface area contributed by atoms with Crippen molar-refractivity contribution < 1.29 is 38.6 Å². The Bertz CT molecular complexity index is 1410. The second kappa shape index (κ2) is 10.2. The molecule has 4 heterocycles. The van der Waals surface area contributed by atoms with Gasteiger partial charge in [0, 0.05) is 11.1 Å². The van der Waals surface area contributed by atoms with E-state index in [1.807, 2.05) is 12.1 Å². The zero-order valence-electron chi connectivity index (χ0n) is 17.5. The molecule has 5 aromatic rings. The zero-order chi connectivity index (χ0) is 23.7. The van der Waals surface area contributed by atoms with Gasteiger partial charge in [-0.1, -0.05) is 71.8 Å². The van der Waals surface area contributed by atoms with Crippen molar-refractivity contribution >= 4 is 0 Å². The predicted molar refractivity (Wildman–Crippen MR) is 117 cm³/mol. The second-order valence-corrected chi connectivity index (χ2v) is 7.14. The van der Waals surface area contributed by atoms with Crippen LogP contribution in [0.15, 0.2) is 72.8 Å². The molecule has 0 spiro atoms. The monoisotopic (exact) mass is 651 g/mol. The molecule has 0 aliphatic heterocycles. The Balaban J connectivity index is 0.00000289. The predicted octanol–water partition coefficient (Wildman–Crippen LogP) is 6.09. The molecule has 0 atom stereocenters. The molecule has 0 radical (unpaired) electrons. The molecular formula is C26H12F4N4Pt. The van der Waals surface area contributed by atoms with Crippen molar-refractivity contribution in [1.82, 2.24) is 19.9 Å². The van der Waals surface area contributed by atoms with Gasteiger partial charge in [0.2, 0.25) is 0 Å². The molecule has 0 saturated heterocycles. The average Bonchev–Trinajstić information content (AvgIpc) is 2.84. The van der Waals surface area contributed by atoms with Gasteiger partial charge in [0.25, 0.3) is 0 Å². The largest absolute Gasteiger partial charge is 2.00 e. The third-order valence-corrected chi connectivity index (χ3v) is 4.98. The van der Waals surface area contributed by atoms with Crippen molar-refractivity contribution in [2.45, 2.75) is 0 Å². The number of nitrogens with zero attached hydrogens (tertiary/aromatic N) is 4. The second-order valence-electron chi connectivity index (χ2n) is 7.14. The number of aromatic nitrogens is 4. The van der Waals surface area contributed by atoms with E-state index in [1.54, 1.807) is 48.5 Å². The van der Waals surface area contributed by atoms with Crippen LogP contribution in [0.3, 0.4) is 0 Å². The molecule has 4 aromatic heterocycles. The van der Waals surface area contributed by atoms with E-state index < -0.39 is 23.8 Å².